The minimum atomic E-state index is -1.18. The summed E-state index contributed by atoms with van der Waals surface area (Å²) in [7, 11) is 1.16. The molecule has 0 amide bonds. The number of esters is 2. The van der Waals surface area contributed by atoms with Gasteiger partial charge in [-0.25, -0.2) is 4.79 Å². The maximum atomic E-state index is 12.0. The van der Waals surface area contributed by atoms with Gasteiger partial charge in [0.25, 0.3) is 0 Å². The fourth-order valence-corrected chi connectivity index (χ4v) is 2.10. The van der Waals surface area contributed by atoms with Crippen molar-refractivity contribution in [3.8, 4) is 6.07 Å². The summed E-state index contributed by atoms with van der Waals surface area (Å²) in [6.07, 6.45) is 1.74. The van der Waals surface area contributed by atoms with Crippen LogP contribution in [0.25, 0.3) is 0 Å². The standard InChI is InChI=1S/C15H14Cl2N2O4/c1-3-6-23-15(21)12-10(16)4-5-11(13(12)17)19-8-9(7-18)14(20)22-2/h4-5,8-9H,3,6H2,1-2H3. The number of aliphatic imine (C=N–C) groups is 1. The monoisotopic (exact) mass is 356 g/mol. The van der Waals surface area contributed by atoms with Crippen LogP contribution in [0.4, 0.5) is 5.69 Å². The molecule has 0 bridgehead atoms. The fraction of sp³-hybridized carbons (Fsp3) is 0.333. The molecule has 0 aromatic heterocycles. The summed E-state index contributed by atoms with van der Waals surface area (Å²) in [5.74, 6) is -2.59. The largest absolute Gasteiger partial charge is 0.468 e. The SMILES string of the molecule is CCCOC(=O)c1c(Cl)ccc(N=CC(C#N)C(=O)OC)c1Cl. The van der Waals surface area contributed by atoms with Gasteiger partial charge in [-0.2, -0.15) is 5.26 Å². The van der Waals surface area contributed by atoms with Gasteiger partial charge >= 0.3 is 11.9 Å². The molecule has 0 N–H and O–H groups in total. The number of carbonyl (C=O) groups excluding carboxylic acids is 2. The third kappa shape index (κ3) is 4.95. The Morgan fingerprint density at radius 1 is 1.43 bits per heavy atom. The predicted octanol–water partition coefficient (Wildman–Crippen LogP) is 3.58. The van der Waals surface area contributed by atoms with E-state index in [0.717, 1.165) is 13.3 Å². The van der Waals surface area contributed by atoms with Crippen LogP contribution in [0.5, 0.6) is 0 Å². The molecule has 0 spiro atoms. The lowest BCUT2D eigenvalue weighted by molar-refractivity contribution is -0.141. The molecule has 0 aliphatic rings. The summed E-state index contributed by atoms with van der Waals surface area (Å²) in [5, 5.41) is 9.00. The van der Waals surface area contributed by atoms with Gasteiger partial charge in [-0.3, -0.25) is 9.79 Å². The molecule has 1 atom stereocenters. The fourth-order valence-electron chi connectivity index (χ4n) is 1.52. The molecule has 0 aliphatic heterocycles. The van der Waals surface area contributed by atoms with Crippen molar-refractivity contribution in [2.24, 2.45) is 10.9 Å². The average molecular weight is 357 g/mol. The molecule has 0 saturated heterocycles. The molecule has 6 nitrogen and oxygen atoms in total. The number of rotatable bonds is 6. The van der Waals surface area contributed by atoms with Crippen molar-refractivity contribution >= 4 is 47.0 Å². The normalized spacial score (nSPS) is 11.8. The van der Waals surface area contributed by atoms with Crippen LogP contribution in [0.15, 0.2) is 17.1 Å². The molecule has 122 valence electrons. The Balaban J connectivity index is 3.13. The van der Waals surface area contributed by atoms with E-state index in [1.165, 1.54) is 12.1 Å². The van der Waals surface area contributed by atoms with E-state index in [1.54, 1.807) is 6.07 Å². The van der Waals surface area contributed by atoms with Gasteiger partial charge < -0.3 is 9.47 Å². The van der Waals surface area contributed by atoms with Crippen molar-refractivity contribution < 1.29 is 19.1 Å². The minimum Gasteiger partial charge on any atom is -0.468 e. The minimum absolute atomic E-state index is 0.0111. The molecule has 8 heteroatoms. The number of methoxy groups -OCH3 is 1. The number of ether oxygens (including phenoxy) is 2. The maximum absolute atomic E-state index is 12.0. The topological polar surface area (TPSA) is 88.8 Å². The van der Waals surface area contributed by atoms with Crippen LogP contribution < -0.4 is 0 Å². The van der Waals surface area contributed by atoms with Crippen LogP contribution in [0.3, 0.4) is 0 Å². The third-order valence-corrected chi connectivity index (χ3v) is 3.37. The number of halogens is 2. The van der Waals surface area contributed by atoms with Crippen molar-refractivity contribution in [3.05, 3.63) is 27.7 Å². The zero-order chi connectivity index (χ0) is 17.4. The number of nitrogens with zero attached hydrogens (tertiary/aromatic N) is 2. The number of hydrogen-bond donors (Lipinski definition) is 0. The highest BCUT2D eigenvalue weighted by Gasteiger charge is 2.20. The predicted molar refractivity (Wildman–Crippen MR) is 86.3 cm³/mol. The Bertz CT molecular complexity index is 668. The first kappa shape index (κ1) is 18.9. The molecule has 0 fully saturated rings. The summed E-state index contributed by atoms with van der Waals surface area (Å²) >= 11 is 12.1. The maximum Gasteiger partial charge on any atom is 0.341 e. The van der Waals surface area contributed by atoms with E-state index in [-0.39, 0.29) is 27.9 Å². The first-order valence-electron chi connectivity index (χ1n) is 6.63. The van der Waals surface area contributed by atoms with E-state index in [9.17, 15) is 9.59 Å². The van der Waals surface area contributed by atoms with E-state index in [0.29, 0.717) is 6.42 Å². The molecule has 23 heavy (non-hydrogen) atoms. The summed E-state index contributed by atoms with van der Waals surface area (Å²) in [5.41, 5.74) is 0.173. The highest BCUT2D eigenvalue weighted by Crippen LogP contribution is 2.34. The molecular weight excluding hydrogens is 343 g/mol. The molecule has 1 unspecified atom stereocenters. The van der Waals surface area contributed by atoms with Crippen molar-refractivity contribution in [2.75, 3.05) is 13.7 Å². The molecular formula is C15H14Cl2N2O4. The van der Waals surface area contributed by atoms with E-state index in [2.05, 4.69) is 9.73 Å². The second-order valence-corrected chi connectivity index (χ2v) is 5.08. The van der Waals surface area contributed by atoms with Crippen molar-refractivity contribution in [3.63, 3.8) is 0 Å². The number of carbonyl (C=O) groups is 2. The van der Waals surface area contributed by atoms with Gasteiger partial charge in [0.15, 0.2) is 5.92 Å². The molecule has 0 radical (unpaired) electrons. The van der Waals surface area contributed by atoms with Crippen molar-refractivity contribution in [1.82, 2.24) is 0 Å². The molecule has 0 saturated carbocycles. The Morgan fingerprint density at radius 3 is 2.70 bits per heavy atom. The Hall–Kier alpha value is -2.10. The summed E-state index contributed by atoms with van der Waals surface area (Å²) in [6, 6.07) is 4.63. The van der Waals surface area contributed by atoms with Gasteiger partial charge in [0.2, 0.25) is 0 Å². The number of benzene rings is 1. The van der Waals surface area contributed by atoms with Gasteiger partial charge in [0, 0.05) is 6.21 Å². The summed E-state index contributed by atoms with van der Waals surface area (Å²) in [4.78, 5) is 27.3. The lowest BCUT2D eigenvalue weighted by Gasteiger charge is -2.09. The quantitative estimate of drug-likeness (QED) is 0.574. The summed E-state index contributed by atoms with van der Waals surface area (Å²) < 4.78 is 9.48. The van der Waals surface area contributed by atoms with Crippen molar-refractivity contribution in [1.29, 1.82) is 5.26 Å². The molecule has 0 aliphatic carbocycles. The molecule has 1 aromatic rings. The zero-order valence-corrected chi connectivity index (χ0v) is 14.0. The van der Waals surface area contributed by atoms with Gasteiger partial charge in [-0.1, -0.05) is 30.1 Å². The second kappa shape index (κ2) is 9.13. The van der Waals surface area contributed by atoms with Crippen molar-refractivity contribution in [2.45, 2.75) is 13.3 Å². The lowest BCUT2D eigenvalue weighted by atomic mass is 10.2. The highest BCUT2D eigenvalue weighted by molar-refractivity contribution is 6.41. The Morgan fingerprint density at radius 2 is 2.13 bits per heavy atom. The third-order valence-electron chi connectivity index (χ3n) is 2.67. The average Bonchev–Trinajstić information content (AvgIpc) is 2.54. The van der Waals surface area contributed by atoms with Crippen LogP contribution in [0, 0.1) is 17.2 Å². The first-order valence-corrected chi connectivity index (χ1v) is 7.38. The smallest absolute Gasteiger partial charge is 0.341 e. The highest BCUT2D eigenvalue weighted by atomic mass is 35.5. The Labute approximate surface area is 143 Å². The van der Waals surface area contributed by atoms with E-state index in [4.69, 9.17) is 33.2 Å². The molecule has 0 heterocycles. The Kier molecular flexibility index (Phi) is 7.52. The first-order chi connectivity index (χ1) is 11.0. The number of nitriles is 1. The van der Waals surface area contributed by atoms with Crippen LogP contribution in [-0.4, -0.2) is 31.9 Å². The van der Waals surface area contributed by atoms with E-state index >= 15 is 0 Å². The van der Waals surface area contributed by atoms with Crippen LogP contribution in [0.2, 0.25) is 10.0 Å². The lowest BCUT2D eigenvalue weighted by Crippen LogP contribution is -2.15. The van der Waals surface area contributed by atoms with Crippen LogP contribution >= 0.6 is 23.2 Å². The molecule has 1 aromatic carbocycles. The van der Waals surface area contributed by atoms with Gasteiger partial charge in [-0.05, 0) is 18.6 Å². The molecule has 1 rings (SSSR count). The number of hydrogen-bond acceptors (Lipinski definition) is 6. The van der Waals surface area contributed by atoms with Crippen LogP contribution in [-0.2, 0) is 14.3 Å². The van der Waals surface area contributed by atoms with E-state index < -0.39 is 17.9 Å². The van der Waals surface area contributed by atoms with E-state index in [1.807, 2.05) is 6.92 Å². The van der Waals surface area contributed by atoms with Gasteiger partial charge in [-0.15, -0.1) is 0 Å². The summed E-state index contributed by atoms with van der Waals surface area (Å²) in [6.45, 7) is 2.09. The second-order valence-electron chi connectivity index (χ2n) is 4.30. The van der Waals surface area contributed by atoms with Gasteiger partial charge in [0.05, 0.1) is 41.1 Å². The van der Waals surface area contributed by atoms with Crippen LogP contribution in [0.1, 0.15) is 23.7 Å². The van der Waals surface area contributed by atoms with Gasteiger partial charge in [0.1, 0.15) is 0 Å². The zero-order valence-electron chi connectivity index (χ0n) is 12.5.